The highest BCUT2D eigenvalue weighted by molar-refractivity contribution is 7.51. The summed E-state index contributed by atoms with van der Waals surface area (Å²) in [5.74, 6) is -2.26. The molecule has 82 valence electrons. The van der Waals surface area contributed by atoms with Crippen LogP contribution in [0.5, 0.6) is 0 Å². The van der Waals surface area contributed by atoms with Crippen molar-refractivity contribution in [2.75, 3.05) is 6.29 Å². The van der Waals surface area contributed by atoms with E-state index in [0.29, 0.717) is 0 Å². The van der Waals surface area contributed by atoms with Gasteiger partial charge in [-0.3, -0.25) is 19.5 Å². The fourth-order valence-corrected chi connectivity index (χ4v) is 1.14. The Morgan fingerprint density at radius 3 is 2.21 bits per heavy atom. The van der Waals surface area contributed by atoms with Gasteiger partial charge < -0.3 is 20.6 Å². The summed E-state index contributed by atoms with van der Waals surface area (Å²) in [5.41, 5.74) is 4.73. The van der Waals surface area contributed by atoms with Crippen LogP contribution in [0.25, 0.3) is 0 Å². The maximum absolute atomic E-state index is 10.4. The minimum Gasteiger partial charge on any atom is -0.480 e. The smallest absolute Gasteiger partial charge is 0.339 e. The van der Waals surface area contributed by atoms with Crippen molar-refractivity contribution in [3.05, 3.63) is 0 Å². The van der Waals surface area contributed by atoms with Crippen molar-refractivity contribution in [2.45, 2.75) is 12.5 Å². The number of amides is 1. The predicted molar refractivity (Wildman–Crippen MR) is 45.3 cm³/mol. The Labute approximate surface area is 79.3 Å². The second-order valence-electron chi connectivity index (χ2n) is 2.59. The molecule has 0 aromatic heterocycles. The summed E-state index contributed by atoms with van der Waals surface area (Å²) >= 11 is 0. The minimum absolute atomic E-state index is 0.519. The molecule has 0 radical (unpaired) electrons. The maximum atomic E-state index is 10.4. The first kappa shape index (κ1) is 13.1. The molecule has 0 aliphatic carbocycles. The lowest BCUT2D eigenvalue weighted by Gasteiger charge is -2.12. The summed E-state index contributed by atoms with van der Waals surface area (Å²) in [6, 6.07) is -1.37. The Morgan fingerprint density at radius 1 is 1.43 bits per heavy atom. The van der Waals surface area contributed by atoms with Crippen LogP contribution in [0.3, 0.4) is 0 Å². The highest BCUT2D eigenvalue weighted by Gasteiger charge is 2.23. The Kier molecular flexibility index (Phi) is 4.72. The van der Waals surface area contributed by atoms with E-state index >= 15 is 0 Å². The van der Waals surface area contributed by atoms with E-state index < -0.39 is 38.2 Å². The lowest BCUT2D eigenvalue weighted by Crippen LogP contribution is -2.40. The highest BCUT2D eigenvalue weighted by Crippen LogP contribution is 2.32. The molecule has 0 unspecified atom stereocenters. The van der Waals surface area contributed by atoms with E-state index in [0.717, 1.165) is 0 Å². The third-order valence-electron chi connectivity index (χ3n) is 1.25. The van der Waals surface area contributed by atoms with Crippen molar-refractivity contribution < 1.29 is 29.0 Å². The number of hydrogen-bond acceptors (Lipinski definition) is 4. The molecular formula is C5H11N2O6P. The van der Waals surface area contributed by atoms with Crippen LogP contribution in [0.15, 0.2) is 0 Å². The van der Waals surface area contributed by atoms with Crippen molar-refractivity contribution in [2.24, 2.45) is 5.73 Å². The number of carboxylic acid groups (broad SMARTS) is 1. The zero-order valence-corrected chi connectivity index (χ0v) is 7.98. The van der Waals surface area contributed by atoms with Gasteiger partial charge in [0.15, 0.2) is 0 Å². The molecule has 0 aliphatic heterocycles. The van der Waals surface area contributed by atoms with Gasteiger partial charge in [-0.15, -0.1) is 0 Å². The molecule has 0 heterocycles. The summed E-state index contributed by atoms with van der Waals surface area (Å²) in [6.07, 6.45) is -1.33. The lowest BCUT2D eigenvalue weighted by molar-refractivity contribution is -0.141. The molecular weight excluding hydrogens is 215 g/mol. The van der Waals surface area contributed by atoms with Crippen LogP contribution in [0, 0.1) is 0 Å². The van der Waals surface area contributed by atoms with Crippen molar-refractivity contribution in [3.63, 3.8) is 0 Å². The zero-order chi connectivity index (χ0) is 11.4. The van der Waals surface area contributed by atoms with Gasteiger partial charge in [-0.2, -0.15) is 0 Å². The quantitative estimate of drug-likeness (QED) is 0.330. The van der Waals surface area contributed by atoms with Gasteiger partial charge in [0, 0.05) is 0 Å². The summed E-state index contributed by atoms with van der Waals surface area (Å²) in [6.45, 7) is 0. The molecule has 14 heavy (non-hydrogen) atoms. The number of carboxylic acids is 1. The van der Waals surface area contributed by atoms with Crippen LogP contribution in [-0.2, 0) is 14.2 Å². The summed E-state index contributed by atoms with van der Waals surface area (Å²) in [4.78, 5) is 37.6. The van der Waals surface area contributed by atoms with Gasteiger partial charge in [-0.25, -0.2) is 0 Å². The zero-order valence-electron chi connectivity index (χ0n) is 7.08. The minimum atomic E-state index is -4.33. The first-order valence-electron chi connectivity index (χ1n) is 3.51. The standard InChI is InChI=1S/C5H11N2O6P/c6-4(8)1-3(5(9)10)7-2-14(11,12)13/h3,7H,1-2H2,(H2,6,8)(H,9,10)(H2,11,12,13)/t3-/m1/s1. The summed E-state index contributed by atoms with van der Waals surface area (Å²) in [7, 11) is -4.33. The molecule has 0 saturated carbocycles. The molecule has 0 fully saturated rings. The van der Waals surface area contributed by atoms with Gasteiger partial charge in [-0.05, 0) is 0 Å². The van der Waals surface area contributed by atoms with Crippen LogP contribution in [0.1, 0.15) is 6.42 Å². The van der Waals surface area contributed by atoms with Gasteiger partial charge in [0.05, 0.1) is 12.7 Å². The molecule has 1 amide bonds. The second kappa shape index (κ2) is 5.06. The maximum Gasteiger partial charge on any atom is 0.339 e. The Hall–Kier alpha value is -0.950. The van der Waals surface area contributed by atoms with E-state index in [-0.39, 0.29) is 0 Å². The third kappa shape index (κ3) is 6.55. The van der Waals surface area contributed by atoms with Gasteiger partial charge in [-0.1, -0.05) is 0 Å². The van der Waals surface area contributed by atoms with Crippen LogP contribution >= 0.6 is 7.60 Å². The fourth-order valence-electron chi connectivity index (χ4n) is 0.677. The lowest BCUT2D eigenvalue weighted by atomic mass is 10.2. The number of carbonyl (C=O) groups is 2. The molecule has 1 atom stereocenters. The Balaban J connectivity index is 4.18. The van der Waals surface area contributed by atoms with E-state index in [1.165, 1.54) is 0 Å². The monoisotopic (exact) mass is 226 g/mol. The number of primary amides is 1. The van der Waals surface area contributed by atoms with Crippen molar-refractivity contribution in [1.82, 2.24) is 5.32 Å². The number of nitrogens with one attached hydrogen (secondary N) is 1. The molecule has 0 aromatic rings. The SMILES string of the molecule is NC(=O)C[C@@H](NCP(=O)(O)O)C(=O)O. The average Bonchev–Trinajstić information content (AvgIpc) is 1.94. The van der Waals surface area contributed by atoms with Gasteiger partial charge in [0.25, 0.3) is 0 Å². The normalized spacial score (nSPS) is 13.6. The summed E-state index contributed by atoms with van der Waals surface area (Å²) < 4.78 is 10.4. The Morgan fingerprint density at radius 2 is 1.93 bits per heavy atom. The fraction of sp³-hybridized carbons (Fsp3) is 0.600. The molecule has 6 N–H and O–H groups in total. The summed E-state index contributed by atoms with van der Waals surface area (Å²) in [5, 5.41) is 10.5. The van der Waals surface area contributed by atoms with Gasteiger partial charge in [0.2, 0.25) is 5.91 Å². The molecule has 0 rings (SSSR count). The molecule has 0 spiro atoms. The van der Waals surface area contributed by atoms with E-state index in [2.05, 4.69) is 0 Å². The van der Waals surface area contributed by atoms with Crippen molar-refractivity contribution in [3.8, 4) is 0 Å². The predicted octanol–water partition coefficient (Wildman–Crippen LogP) is -1.96. The van der Waals surface area contributed by atoms with Crippen LogP contribution in [0.4, 0.5) is 0 Å². The first-order valence-corrected chi connectivity index (χ1v) is 5.31. The molecule has 0 aromatic carbocycles. The average molecular weight is 226 g/mol. The van der Waals surface area contributed by atoms with E-state index in [1.807, 2.05) is 5.32 Å². The van der Waals surface area contributed by atoms with Crippen LogP contribution < -0.4 is 11.1 Å². The number of carbonyl (C=O) groups excluding carboxylic acids is 1. The first-order chi connectivity index (χ1) is 6.22. The number of rotatable bonds is 6. The van der Waals surface area contributed by atoms with E-state index in [9.17, 15) is 14.2 Å². The topological polar surface area (TPSA) is 150 Å². The molecule has 8 nitrogen and oxygen atoms in total. The molecule has 0 bridgehead atoms. The highest BCUT2D eigenvalue weighted by atomic mass is 31.2. The molecule has 9 heteroatoms. The van der Waals surface area contributed by atoms with E-state index in [1.54, 1.807) is 0 Å². The van der Waals surface area contributed by atoms with Crippen LogP contribution in [0.2, 0.25) is 0 Å². The second-order valence-corrected chi connectivity index (χ2v) is 4.23. The van der Waals surface area contributed by atoms with Gasteiger partial charge >= 0.3 is 13.6 Å². The molecule has 0 saturated heterocycles. The van der Waals surface area contributed by atoms with E-state index in [4.69, 9.17) is 20.6 Å². The van der Waals surface area contributed by atoms with Crippen LogP contribution in [-0.4, -0.2) is 39.1 Å². The molecule has 0 aliphatic rings. The third-order valence-corrected chi connectivity index (χ3v) is 1.84. The van der Waals surface area contributed by atoms with Crippen molar-refractivity contribution >= 4 is 19.5 Å². The Bertz CT molecular complexity index is 273. The van der Waals surface area contributed by atoms with Gasteiger partial charge in [0.1, 0.15) is 6.04 Å². The number of hydrogen-bond donors (Lipinski definition) is 5. The largest absolute Gasteiger partial charge is 0.480 e. The number of aliphatic carboxylic acids is 1. The van der Waals surface area contributed by atoms with Crippen molar-refractivity contribution in [1.29, 1.82) is 0 Å². The number of nitrogens with two attached hydrogens (primary N) is 1.